The zero-order valence-corrected chi connectivity index (χ0v) is 8.83. The predicted molar refractivity (Wildman–Crippen MR) is 63.3 cm³/mol. The lowest BCUT2D eigenvalue weighted by molar-refractivity contribution is 0.885. The van der Waals surface area contributed by atoms with Gasteiger partial charge in [-0.25, -0.2) is 0 Å². The Labute approximate surface area is 89.7 Å². The molecule has 0 aliphatic carbocycles. The van der Waals surface area contributed by atoms with E-state index in [4.69, 9.17) is 5.73 Å². The normalized spacial score (nSPS) is 10.0. The van der Waals surface area contributed by atoms with Crippen LogP contribution in [0.25, 0.3) is 10.9 Å². The average molecular weight is 198 g/mol. The number of benzene rings is 1. The third-order valence-electron chi connectivity index (χ3n) is 2.55. The summed E-state index contributed by atoms with van der Waals surface area (Å²) < 4.78 is 2.14. The number of nitrogens with zero attached hydrogens (tertiary/aromatic N) is 1. The Morgan fingerprint density at radius 3 is 2.93 bits per heavy atom. The van der Waals surface area contributed by atoms with E-state index in [1.165, 1.54) is 16.5 Å². The largest absolute Gasteiger partial charge is 0.336 e. The van der Waals surface area contributed by atoms with Crippen molar-refractivity contribution in [3.8, 4) is 11.8 Å². The van der Waals surface area contributed by atoms with Gasteiger partial charge in [0.25, 0.3) is 0 Å². The standard InChI is InChI=1S/C13H14N2/c1-2-3-8-15-9-7-12-11(10-14)5-4-6-13(12)15/h4-7,9H,8,10,14H2,1H3. The summed E-state index contributed by atoms with van der Waals surface area (Å²) in [4.78, 5) is 0. The molecule has 0 aliphatic heterocycles. The Morgan fingerprint density at radius 2 is 2.20 bits per heavy atom. The lowest BCUT2D eigenvalue weighted by atomic mass is 10.1. The fraction of sp³-hybridized carbons (Fsp3) is 0.231. The van der Waals surface area contributed by atoms with E-state index in [0.717, 1.165) is 6.54 Å². The van der Waals surface area contributed by atoms with E-state index in [9.17, 15) is 0 Å². The van der Waals surface area contributed by atoms with Crippen molar-refractivity contribution in [1.82, 2.24) is 4.57 Å². The van der Waals surface area contributed by atoms with E-state index in [-0.39, 0.29) is 0 Å². The Kier molecular flexibility index (Phi) is 2.75. The molecular weight excluding hydrogens is 184 g/mol. The zero-order valence-electron chi connectivity index (χ0n) is 8.83. The first-order valence-electron chi connectivity index (χ1n) is 5.03. The van der Waals surface area contributed by atoms with Gasteiger partial charge >= 0.3 is 0 Å². The van der Waals surface area contributed by atoms with Crippen molar-refractivity contribution < 1.29 is 0 Å². The van der Waals surface area contributed by atoms with Gasteiger partial charge in [0.2, 0.25) is 0 Å². The van der Waals surface area contributed by atoms with Crippen molar-refractivity contribution >= 4 is 10.9 Å². The summed E-state index contributed by atoms with van der Waals surface area (Å²) >= 11 is 0. The lowest BCUT2D eigenvalue weighted by Crippen LogP contribution is -1.97. The van der Waals surface area contributed by atoms with Crippen molar-refractivity contribution in [3.05, 3.63) is 36.0 Å². The van der Waals surface area contributed by atoms with Crippen LogP contribution < -0.4 is 5.73 Å². The minimum atomic E-state index is 0.584. The van der Waals surface area contributed by atoms with Crippen LogP contribution in [0.5, 0.6) is 0 Å². The lowest BCUT2D eigenvalue weighted by Gasteiger charge is -2.02. The van der Waals surface area contributed by atoms with Crippen molar-refractivity contribution in [1.29, 1.82) is 0 Å². The molecule has 0 atom stereocenters. The highest BCUT2D eigenvalue weighted by atomic mass is 14.9. The topological polar surface area (TPSA) is 30.9 Å². The number of hydrogen-bond donors (Lipinski definition) is 1. The van der Waals surface area contributed by atoms with Crippen molar-refractivity contribution in [2.24, 2.45) is 5.73 Å². The average Bonchev–Trinajstić information content (AvgIpc) is 2.69. The van der Waals surface area contributed by atoms with E-state index in [0.29, 0.717) is 6.54 Å². The molecule has 0 saturated heterocycles. The van der Waals surface area contributed by atoms with Gasteiger partial charge in [-0.05, 0) is 24.6 Å². The number of nitrogens with two attached hydrogens (primary N) is 1. The Hall–Kier alpha value is -1.72. The molecule has 0 saturated carbocycles. The Balaban J connectivity index is 2.54. The Morgan fingerprint density at radius 1 is 1.33 bits per heavy atom. The van der Waals surface area contributed by atoms with Crippen LogP contribution in [0.15, 0.2) is 30.5 Å². The van der Waals surface area contributed by atoms with Crippen LogP contribution in [0.3, 0.4) is 0 Å². The second-order valence-corrected chi connectivity index (χ2v) is 3.42. The van der Waals surface area contributed by atoms with Crippen LogP contribution in [-0.4, -0.2) is 4.57 Å². The molecule has 0 bridgehead atoms. The van der Waals surface area contributed by atoms with Gasteiger partial charge in [-0.15, -0.1) is 5.92 Å². The summed E-state index contributed by atoms with van der Waals surface area (Å²) in [5.74, 6) is 5.97. The highest BCUT2D eigenvalue weighted by Gasteiger charge is 2.02. The minimum Gasteiger partial charge on any atom is -0.336 e. The molecule has 0 radical (unpaired) electrons. The van der Waals surface area contributed by atoms with Gasteiger partial charge in [-0.2, -0.15) is 0 Å². The molecule has 0 spiro atoms. The molecule has 76 valence electrons. The molecule has 0 unspecified atom stereocenters. The molecule has 0 fully saturated rings. The Bertz CT molecular complexity index is 526. The third-order valence-corrected chi connectivity index (χ3v) is 2.55. The van der Waals surface area contributed by atoms with Crippen molar-refractivity contribution in [2.45, 2.75) is 20.0 Å². The number of fused-ring (bicyclic) bond motifs is 1. The first kappa shape index (κ1) is 9.82. The summed E-state index contributed by atoms with van der Waals surface area (Å²) in [5.41, 5.74) is 8.09. The van der Waals surface area contributed by atoms with Gasteiger partial charge in [0.1, 0.15) is 0 Å². The zero-order chi connectivity index (χ0) is 10.7. The second kappa shape index (κ2) is 4.20. The first-order valence-corrected chi connectivity index (χ1v) is 5.03. The van der Waals surface area contributed by atoms with Gasteiger partial charge in [-0.1, -0.05) is 18.1 Å². The summed E-state index contributed by atoms with van der Waals surface area (Å²) in [6.45, 7) is 3.19. The second-order valence-electron chi connectivity index (χ2n) is 3.42. The van der Waals surface area contributed by atoms with Gasteiger partial charge < -0.3 is 10.3 Å². The van der Waals surface area contributed by atoms with Gasteiger partial charge in [0.05, 0.1) is 6.54 Å². The maximum atomic E-state index is 5.69. The van der Waals surface area contributed by atoms with Gasteiger partial charge in [-0.3, -0.25) is 0 Å². The van der Waals surface area contributed by atoms with Crippen molar-refractivity contribution in [2.75, 3.05) is 0 Å². The quantitative estimate of drug-likeness (QED) is 0.736. The number of rotatable bonds is 2. The molecule has 2 heteroatoms. The fourth-order valence-electron chi connectivity index (χ4n) is 1.77. The molecule has 1 aromatic heterocycles. The molecule has 2 N–H and O–H groups in total. The number of aromatic nitrogens is 1. The molecule has 1 heterocycles. The van der Waals surface area contributed by atoms with E-state index >= 15 is 0 Å². The molecule has 0 amide bonds. The van der Waals surface area contributed by atoms with Crippen LogP contribution in [-0.2, 0) is 13.1 Å². The van der Waals surface area contributed by atoms with Crippen molar-refractivity contribution in [3.63, 3.8) is 0 Å². The summed E-state index contributed by atoms with van der Waals surface area (Å²) in [6, 6.07) is 8.32. The van der Waals surface area contributed by atoms with Gasteiger partial charge in [0, 0.05) is 23.6 Å². The van der Waals surface area contributed by atoms with E-state index < -0.39 is 0 Å². The summed E-state index contributed by atoms with van der Waals surface area (Å²) in [6.07, 6.45) is 2.06. The third kappa shape index (κ3) is 1.74. The predicted octanol–water partition coefficient (Wildman–Crippen LogP) is 2.12. The van der Waals surface area contributed by atoms with Crippen LogP contribution >= 0.6 is 0 Å². The summed E-state index contributed by atoms with van der Waals surface area (Å²) in [5, 5.41) is 1.23. The van der Waals surface area contributed by atoms with Gasteiger partial charge in [0.15, 0.2) is 0 Å². The van der Waals surface area contributed by atoms with E-state index in [2.05, 4.69) is 40.8 Å². The van der Waals surface area contributed by atoms with E-state index in [1.54, 1.807) is 0 Å². The number of hydrogen-bond acceptors (Lipinski definition) is 1. The highest BCUT2D eigenvalue weighted by Crippen LogP contribution is 2.19. The molecule has 15 heavy (non-hydrogen) atoms. The minimum absolute atomic E-state index is 0.584. The molecular formula is C13H14N2. The summed E-state index contributed by atoms with van der Waals surface area (Å²) in [7, 11) is 0. The maximum Gasteiger partial charge on any atom is 0.0837 e. The first-order chi connectivity index (χ1) is 7.36. The smallest absolute Gasteiger partial charge is 0.0837 e. The van der Waals surface area contributed by atoms with Crippen LogP contribution in [0.1, 0.15) is 12.5 Å². The molecule has 2 nitrogen and oxygen atoms in total. The molecule has 1 aromatic carbocycles. The molecule has 2 aromatic rings. The maximum absolute atomic E-state index is 5.69. The molecule has 2 rings (SSSR count). The van der Waals surface area contributed by atoms with E-state index in [1.807, 2.05) is 13.0 Å². The molecule has 0 aliphatic rings. The highest BCUT2D eigenvalue weighted by molar-refractivity contribution is 5.83. The SMILES string of the molecule is CC#CCn1ccc2c(CN)cccc21. The van der Waals surface area contributed by atoms with Crippen LogP contribution in [0, 0.1) is 11.8 Å². The monoisotopic (exact) mass is 198 g/mol. The fourth-order valence-corrected chi connectivity index (χ4v) is 1.77. The van der Waals surface area contributed by atoms with Crippen LogP contribution in [0.2, 0.25) is 0 Å². The van der Waals surface area contributed by atoms with Crippen LogP contribution in [0.4, 0.5) is 0 Å².